The van der Waals surface area contributed by atoms with Gasteiger partial charge < -0.3 is 10.1 Å². The molecule has 1 aliphatic rings. The molecule has 0 spiro atoms. The first-order chi connectivity index (χ1) is 10.4. The average Bonchev–Trinajstić information content (AvgIpc) is 3.03. The van der Waals surface area contributed by atoms with Gasteiger partial charge in [0.2, 0.25) is 0 Å². The second-order valence-electron chi connectivity index (χ2n) is 5.67. The van der Waals surface area contributed by atoms with Crippen molar-refractivity contribution in [3.05, 3.63) is 41.8 Å². The van der Waals surface area contributed by atoms with Gasteiger partial charge in [0, 0.05) is 28.8 Å². The minimum atomic E-state index is 0.426. The molecule has 2 heterocycles. The normalized spacial score (nSPS) is 22.1. The Morgan fingerprint density at radius 3 is 2.95 bits per heavy atom. The van der Waals surface area contributed by atoms with Crippen LogP contribution >= 0.6 is 11.3 Å². The van der Waals surface area contributed by atoms with Crippen molar-refractivity contribution in [2.45, 2.75) is 44.8 Å². The van der Waals surface area contributed by atoms with E-state index >= 15 is 0 Å². The molecule has 1 aromatic heterocycles. The largest absolute Gasteiger partial charge is 0.382 e. The minimum Gasteiger partial charge on any atom is -0.382 e. The van der Waals surface area contributed by atoms with Crippen LogP contribution in [0.15, 0.2) is 41.8 Å². The highest BCUT2D eigenvalue weighted by molar-refractivity contribution is 7.13. The number of benzene rings is 1. The molecule has 0 amide bonds. The summed E-state index contributed by atoms with van der Waals surface area (Å²) in [6, 6.07) is 13.5. The lowest BCUT2D eigenvalue weighted by molar-refractivity contribution is 0.00598. The molecule has 21 heavy (non-hydrogen) atoms. The highest BCUT2D eigenvalue weighted by Crippen LogP contribution is 2.33. The van der Waals surface area contributed by atoms with Gasteiger partial charge in [0.15, 0.2) is 0 Å². The maximum absolute atomic E-state index is 5.85. The summed E-state index contributed by atoms with van der Waals surface area (Å²) < 4.78 is 5.85. The van der Waals surface area contributed by atoms with Crippen LogP contribution in [-0.4, -0.2) is 18.8 Å². The number of rotatable bonds is 5. The number of ether oxygens (including phenoxy) is 1. The van der Waals surface area contributed by atoms with E-state index in [-0.39, 0.29) is 0 Å². The Morgan fingerprint density at radius 1 is 1.24 bits per heavy atom. The second kappa shape index (κ2) is 7.10. The zero-order chi connectivity index (χ0) is 14.5. The predicted octanol–water partition coefficient (Wildman–Crippen LogP) is 5.17. The number of hydrogen-bond donors (Lipinski definition) is 1. The maximum Gasteiger partial charge on any atom is 0.0594 e. The molecule has 1 aliphatic heterocycles. The highest BCUT2D eigenvalue weighted by Gasteiger charge is 2.22. The summed E-state index contributed by atoms with van der Waals surface area (Å²) in [5.74, 6) is 0. The fraction of sp³-hybridized carbons (Fsp3) is 0.444. The van der Waals surface area contributed by atoms with Crippen LogP contribution in [0.2, 0.25) is 0 Å². The summed E-state index contributed by atoms with van der Waals surface area (Å²) in [5, 5.41) is 5.89. The first kappa shape index (κ1) is 14.6. The summed E-state index contributed by atoms with van der Waals surface area (Å²) >= 11 is 1.80. The van der Waals surface area contributed by atoms with Crippen LogP contribution in [0, 0.1) is 0 Å². The standard InChI is InChI=1S/C18H23NOS/c1-2-6-15-13-14(10-11-20-15)19-17-8-4-3-7-16(17)18-9-5-12-21-18/h3-5,7-9,12,14-15,19H,2,6,10-11,13H2,1H3. The lowest BCUT2D eigenvalue weighted by Gasteiger charge is -2.31. The van der Waals surface area contributed by atoms with Crippen molar-refractivity contribution in [3.63, 3.8) is 0 Å². The first-order valence-corrected chi connectivity index (χ1v) is 8.76. The average molecular weight is 301 g/mol. The number of anilines is 1. The van der Waals surface area contributed by atoms with E-state index in [4.69, 9.17) is 4.74 Å². The van der Waals surface area contributed by atoms with Gasteiger partial charge >= 0.3 is 0 Å². The van der Waals surface area contributed by atoms with Crippen LogP contribution in [0.3, 0.4) is 0 Å². The molecule has 2 nitrogen and oxygen atoms in total. The van der Waals surface area contributed by atoms with Crippen LogP contribution < -0.4 is 5.32 Å². The van der Waals surface area contributed by atoms with E-state index in [9.17, 15) is 0 Å². The van der Waals surface area contributed by atoms with E-state index in [2.05, 4.69) is 54.0 Å². The Bertz CT molecular complexity index is 550. The van der Waals surface area contributed by atoms with Crippen LogP contribution in [-0.2, 0) is 4.74 Å². The fourth-order valence-corrected chi connectivity index (χ4v) is 3.78. The van der Waals surface area contributed by atoms with Gasteiger partial charge in [-0.05, 0) is 36.8 Å². The molecule has 3 heteroatoms. The topological polar surface area (TPSA) is 21.3 Å². The van der Waals surface area contributed by atoms with Crippen molar-refractivity contribution in [2.24, 2.45) is 0 Å². The smallest absolute Gasteiger partial charge is 0.0594 e. The third-order valence-corrected chi connectivity index (χ3v) is 4.95. The fourth-order valence-electron chi connectivity index (χ4n) is 3.01. The molecule has 1 fully saturated rings. The van der Waals surface area contributed by atoms with Crippen LogP contribution in [0.1, 0.15) is 32.6 Å². The predicted molar refractivity (Wildman–Crippen MR) is 91.0 cm³/mol. The summed E-state index contributed by atoms with van der Waals surface area (Å²) in [6.45, 7) is 3.11. The lowest BCUT2D eigenvalue weighted by Crippen LogP contribution is -2.34. The monoisotopic (exact) mass is 301 g/mol. The Hall–Kier alpha value is -1.32. The number of hydrogen-bond acceptors (Lipinski definition) is 3. The third-order valence-electron chi connectivity index (χ3n) is 4.05. The molecule has 1 saturated heterocycles. The zero-order valence-corrected chi connectivity index (χ0v) is 13.4. The molecule has 0 saturated carbocycles. The van der Waals surface area contributed by atoms with E-state index in [1.54, 1.807) is 11.3 Å². The molecule has 1 N–H and O–H groups in total. The van der Waals surface area contributed by atoms with Gasteiger partial charge in [-0.2, -0.15) is 0 Å². The third kappa shape index (κ3) is 3.66. The van der Waals surface area contributed by atoms with Crippen molar-refractivity contribution in [1.29, 1.82) is 0 Å². The zero-order valence-electron chi connectivity index (χ0n) is 12.5. The molecule has 2 aromatic rings. The number of para-hydroxylation sites is 1. The van der Waals surface area contributed by atoms with Crippen LogP contribution in [0.4, 0.5) is 5.69 Å². The van der Waals surface area contributed by atoms with Crippen molar-refractivity contribution in [1.82, 2.24) is 0 Å². The van der Waals surface area contributed by atoms with Crippen molar-refractivity contribution in [2.75, 3.05) is 11.9 Å². The van der Waals surface area contributed by atoms with Crippen molar-refractivity contribution in [3.8, 4) is 10.4 Å². The minimum absolute atomic E-state index is 0.426. The molecule has 0 aliphatic carbocycles. The second-order valence-corrected chi connectivity index (χ2v) is 6.62. The molecule has 2 unspecified atom stereocenters. The summed E-state index contributed by atoms with van der Waals surface area (Å²) in [7, 11) is 0. The molecular formula is C18H23NOS. The maximum atomic E-state index is 5.85. The summed E-state index contributed by atoms with van der Waals surface area (Å²) in [6.07, 6.45) is 5.01. The molecule has 2 atom stereocenters. The highest BCUT2D eigenvalue weighted by atomic mass is 32.1. The molecule has 3 rings (SSSR count). The van der Waals surface area contributed by atoms with Gasteiger partial charge in [0.1, 0.15) is 0 Å². The van der Waals surface area contributed by atoms with Gasteiger partial charge in [-0.25, -0.2) is 0 Å². The van der Waals surface area contributed by atoms with Gasteiger partial charge in [-0.3, -0.25) is 0 Å². The molecular weight excluding hydrogens is 278 g/mol. The number of thiophene rings is 1. The quantitative estimate of drug-likeness (QED) is 0.822. The van der Waals surface area contributed by atoms with E-state index in [0.29, 0.717) is 12.1 Å². The Balaban J connectivity index is 1.73. The Morgan fingerprint density at radius 2 is 2.14 bits per heavy atom. The lowest BCUT2D eigenvalue weighted by atomic mass is 9.99. The molecule has 0 bridgehead atoms. The number of nitrogens with one attached hydrogen (secondary N) is 1. The molecule has 112 valence electrons. The molecule has 0 radical (unpaired) electrons. The van der Waals surface area contributed by atoms with Gasteiger partial charge in [0.05, 0.1) is 6.10 Å². The molecule has 1 aromatic carbocycles. The first-order valence-electron chi connectivity index (χ1n) is 7.88. The summed E-state index contributed by atoms with van der Waals surface area (Å²) in [4.78, 5) is 1.33. The summed E-state index contributed by atoms with van der Waals surface area (Å²) in [5.41, 5.74) is 2.56. The van der Waals surface area contributed by atoms with Gasteiger partial charge in [-0.15, -0.1) is 11.3 Å². The van der Waals surface area contributed by atoms with Crippen molar-refractivity contribution < 1.29 is 4.74 Å². The van der Waals surface area contributed by atoms with Crippen LogP contribution in [0.25, 0.3) is 10.4 Å². The van der Waals surface area contributed by atoms with Crippen LogP contribution in [0.5, 0.6) is 0 Å². The van der Waals surface area contributed by atoms with Crippen molar-refractivity contribution >= 4 is 17.0 Å². The van der Waals surface area contributed by atoms with Gasteiger partial charge in [0.25, 0.3) is 0 Å². The van der Waals surface area contributed by atoms with E-state index < -0.39 is 0 Å². The Labute approximate surface area is 131 Å². The van der Waals surface area contributed by atoms with E-state index in [1.165, 1.54) is 29.0 Å². The van der Waals surface area contributed by atoms with Gasteiger partial charge in [-0.1, -0.05) is 37.6 Å². The SMILES string of the molecule is CCCC1CC(Nc2ccccc2-c2cccs2)CCO1. The van der Waals surface area contributed by atoms with E-state index in [1.807, 2.05) is 0 Å². The van der Waals surface area contributed by atoms with E-state index in [0.717, 1.165) is 19.4 Å². The Kier molecular flexibility index (Phi) is 4.94.